The number of para-hydroxylation sites is 2. The number of aliphatic imine (C=N–C) groups is 2. The number of carboxylic acids is 2. The van der Waals surface area contributed by atoms with E-state index in [0.717, 1.165) is 56.3 Å². The Morgan fingerprint density at radius 1 is 0.346 bits per heavy atom. The van der Waals surface area contributed by atoms with Crippen LogP contribution < -0.4 is 10.2 Å². The van der Waals surface area contributed by atoms with Crippen molar-refractivity contribution in [1.29, 1.82) is 0 Å². The third-order valence-electron chi connectivity index (χ3n) is 14.9. The molecule has 454 valence electrons. The summed E-state index contributed by atoms with van der Waals surface area (Å²) in [5.74, 6) is -5.01. The van der Waals surface area contributed by atoms with Crippen molar-refractivity contribution < 1.29 is 56.7 Å². The first-order valence-corrected chi connectivity index (χ1v) is 31.7. The number of phenols is 4. The fourth-order valence-corrected chi connectivity index (χ4v) is 10.0. The normalized spacial score (nSPS) is 11.3. The molecular formula is C70H106N2NiO8. The molecule has 0 aliphatic carbocycles. The van der Waals surface area contributed by atoms with Crippen molar-refractivity contribution in [2.75, 3.05) is 0 Å². The van der Waals surface area contributed by atoms with E-state index in [4.69, 9.17) is 20.2 Å². The van der Waals surface area contributed by atoms with Gasteiger partial charge in [0.15, 0.2) is 23.0 Å². The van der Waals surface area contributed by atoms with Gasteiger partial charge in [-0.1, -0.05) is 269 Å². The van der Waals surface area contributed by atoms with Gasteiger partial charge in [0, 0.05) is 11.1 Å². The molecule has 0 saturated carbocycles. The van der Waals surface area contributed by atoms with Gasteiger partial charge in [0.25, 0.3) is 0 Å². The zero-order valence-electron chi connectivity index (χ0n) is 50.6. The molecule has 0 spiro atoms. The molecule has 0 heterocycles. The summed E-state index contributed by atoms with van der Waals surface area (Å²) in [4.78, 5) is 31.8. The average Bonchev–Trinajstić information content (AvgIpc) is 3.50. The molecule has 0 aliphatic heterocycles. The van der Waals surface area contributed by atoms with Crippen LogP contribution in [0.15, 0.2) is 94.9 Å². The first kappa shape index (κ1) is 73.9. The van der Waals surface area contributed by atoms with Crippen molar-refractivity contribution in [2.24, 2.45) is 9.98 Å². The van der Waals surface area contributed by atoms with E-state index < -0.39 is 34.9 Å². The van der Waals surface area contributed by atoms with E-state index in [1.54, 1.807) is 0 Å². The average molecular weight is 1160 g/mol. The SMILES string of the molecule is CCCCCCCCCCCCCCCCCCCCCCCCCCCCCCC(=Nc1ccccc1)C(CCCC)=Nc1ccccc1.CCCCc1ccc(O)c(O)c1C(=O)[O-].CCCCc1ccc(O)c(O)c1C(=O)[O-].[Ni+2]. The van der Waals surface area contributed by atoms with Crippen LogP contribution >= 0.6 is 0 Å². The first-order valence-electron chi connectivity index (χ1n) is 31.7. The maximum atomic E-state index is 10.8. The van der Waals surface area contributed by atoms with Gasteiger partial charge >= 0.3 is 16.5 Å². The third kappa shape index (κ3) is 34.8. The van der Waals surface area contributed by atoms with Gasteiger partial charge in [-0.3, -0.25) is 9.98 Å². The van der Waals surface area contributed by atoms with E-state index in [9.17, 15) is 30.0 Å². The number of carbonyl (C=O) groups is 2. The summed E-state index contributed by atoms with van der Waals surface area (Å²) in [6.07, 6.45) is 49.1. The maximum Gasteiger partial charge on any atom is 2.00 e. The van der Waals surface area contributed by atoms with Gasteiger partial charge in [-0.2, -0.15) is 0 Å². The molecule has 10 nitrogen and oxygen atoms in total. The second-order valence-electron chi connectivity index (χ2n) is 21.9. The largest absolute Gasteiger partial charge is 2.00 e. The fourth-order valence-electron chi connectivity index (χ4n) is 10.0. The smallest absolute Gasteiger partial charge is 0.545 e. The van der Waals surface area contributed by atoms with Gasteiger partial charge in [0.1, 0.15) is 0 Å². The summed E-state index contributed by atoms with van der Waals surface area (Å²) in [7, 11) is 0. The molecule has 81 heavy (non-hydrogen) atoms. The predicted molar refractivity (Wildman–Crippen MR) is 332 cm³/mol. The number of carboxylic acid groups (broad SMARTS) is 2. The number of rotatable bonds is 43. The Balaban J connectivity index is 0.000000850. The van der Waals surface area contributed by atoms with E-state index >= 15 is 0 Å². The summed E-state index contributed by atoms with van der Waals surface area (Å²) in [6.45, 7) is 8.54. The number of aryl methyl sites for hydroxylation is 2. The van der Waals surface area contributed by atoms with Crippen LogP contribution in [0.25, 0.3) is 0 Å². The van der Waals surface area contributed by atoms with Crippen LogP contribution in [-0.2, 0) is 29.3 Å². The van der Waals surface area contributed by atoms with Gasteiger partial charge in [0.05, 0.1) is 34.7 Å². The quantitative estimate of drug-likeness (QED) is 0.0146. The Morgan fingerprint density at radius 2 is 0.605 bits per heavy atom. The Morgan fingerprint density at radius 3 is 0.877 bits per heavy atom. The van der Waals surface area contributed by atoms with Crippen LogP contribution in [0.1, 0.15) is 291 Å². The van der Waals surface area contributed by atoms with Crippen LogP contribution in [-0.4, -0.2) is 43.8 Å². The van der Waals surface area contributed by atoms with Gasteiger partial charge in [-0.05, 0) is 98.9 Å². The molecule has 11 heteroatoms. The Labute approximate surface area is 500 Å². The van der Waals surface area contributed by atoms with Gasteiger partial charge in [0.2, 0.25) is 0 Å². The van der Waals surface area contributed by atoms with Gasteiger partial charge in [-0.25, -0.2) is 0 Å². The van der Waals surface area contributed by atoms with Crippen LogP contribution in [0.3, 0.4) is 0 Å². The Bertz CT molecular complexity index is 2190. The number of nitrogens with zero attached hydrogens (tertiary/aromatic N) is 2. The summed E-state index contributed by atoms with van der Waals surface area (Å²) >= 11 is 0. The minimum Gasteiger partial charge on any atom is -0.545 e. The molecule has 0 radical (unpaired) electrons. The molecule has 0 saturated heterocycles. The molecule has 4 rings (SSSR count). The molecule has 4 aromatic carbocycles. The predicted octanol–water partition coefficient (Wildman–Crippen LogP) is 18.7. The number of hydrogen-bond acceptors (Lipinski definition) is 10. The topological polar surface area (TPSA) is 186 Å². The van der Waals surface area contributed by atoms with Crippen LogP contribution in [0.4, 0.5) is 11.4 Å². The van der Waals surface area contributed by atoms with E-state index in [1.807, 2.05) is 13.8 Å². The van der Waals surface area contributed by atoms with E-state index in [2.05, 4.69) is 74.5 Å². The number of unbranched alkanes of at least 4 members (excludes halogenated alkanes) is 30. The van der Waals surface area contributed by atoms with E-state index in [1.165, 1.54) is 222 Å². The minimum atomic E-state index is -1.46. The zero-order valence-corrected chi connectivity index (χ0v) is 51.6. The van der Waals surface area contributed by atoms with Crippen molar-refractivity contribution >= 4 is 34.7 Å². The number of hydrogen-bond donors (Lipinski definition) is 4. The summed E-state index contributed by atoms with van der Waals surface area (Å²) in [6, 6.07) is 26.4. The molecule has 0 amide bonds. The van der Waals surface area contributed by atoms with Crippen LogP contribution in [0.5, 0.6) is 23.0 Å². The molecule has 0 fully saturated rings. The third-order valence-corrected chi connectivity index (χ3v) is 14.9. The van der Waals surface area contributed by atoms with Crippen LogP contribution in [0.2, 0.25) is 0 Å². The molecule has 0 aliphatic rings. The first-order chi connectivity index (χ1) is 39.0. The summed E-state index contributed by atoms with van der Waals surface area (Å²) in [5.41, 5.74) is 4.82. The molecule has 4 N–H and O–H groups in total. The molecule has 0 aromatic heterocycles. The number of carbonyl (C=O) groups excluding carboxylic acids is 2. The second-order valence-corrected chi connectivity index (χ2v) is 21.9. The number of phenolic OH excluding ortho intramolecular Hbond substituents is 2. The molecular weight excluding hydrogens is 1060 g/mol. The van der Waals surface area contributed by atoms with Gasteiger partial charge in [-0.15, -0.1) is 0 Å². The van der Waals surface area contributed by atoms with E-state index in [-0.39, 0.29) is 27.6 Å². The zero-order chi connectivity index (χ0) is 58.3. The number of aromatic hydroxyl groups is 4. The molecule has 0 bridgehead atoms. The van der Waals surface area contributed by atoms with Crippen molar-refractivity contribution in [2.45, 2.75) is 272 Å². The number of aromatic carboxylic acids is 2. The van der Waals surface area contributed by atoms with Crippen molar-refractivity contribution in [3.8, 4) is 23.0 Å². The van der Waals surface area contributed by atoms with Crippen molar-refractivity contribution in [1.82, 2.24) is 0 Å². The van der Waals surface area contributed by atoms with Crippen LogP contribution in [0, 0.1) is 0 Å². The summed E-state index contributed by atoms with van der Waals surface area (Å²) < 4.78 is 0. The Kier molecular flexibility index (Phi) is 45.1. The Hall–Kier alpha value is -5.15. The monoisotopic (exact) mass is 1160 g/mol. The molecule has 0 atom stereocenters. The maximum absolute atomic E-state index is 10.8. The molecule has 0 unspecified atom stereocenters. The standard InChI is InChI=1S/C48H80N2.2C11H14O4.Ni/c1-3-5-7-8-9-10-11-12-13-14-15-16-17-18-19-20-21-22-23-24-25-26-27-28-29-30-31-38-44-48(50-46-41-36-33-37-42-46)47(43-6-4-2)49-45-39-34-32-35-40-45;2*1-2-3-4-7-5-6-8(12)10(13)9(7)11(14)15;/h32-37,39-42H,3-31,38,43-44H2,1-2H3;2*5-6,12-13H,2-4H2,1H3,(H,14,15);/q;;;+2/p-2. The van der Waals surface area contributed by atoms with Crippen molar-refractivity contribution in [3.05, 3.63) is 107 Å². The minimum absolute atomic E-state index is 0. The van der Waals surface area contributed by atoms with Gasteiger partial charge < -0.3 is 40.2 Å². The van der Waals surface area contributed by atoms with E-state index in [0.29, 0.717) is 24.0 Å². The van der Waals surface area contributed by atoms with Crippen molar-refractivity contribution in [3.63, 3.8) is 0 Å². The summed E-state index contributed by atoms with van der Waals surface area (Å²) in [5, 5.41) is 58.6. The molecule has 4 aromatic rings. The fraction of sp³-hybridized carbons (Fsp3) is 0.600. The number of benzene rings is 4. The second kappa shape index (κ2) is 49.5.